The van der Waals surface area contributed by atoms with Gasteiger partial charge in [-0.25, -0.2) is 0 Å². The Morgan fingerprint density at radius 1 is 1.38 bits per heavy atom. The Kier molecular flexibility index (Phi) is 4.12. The van der Waals surface area contributed by atoms with Crippen LogP contribution < -0.4 is 0 Å². The molecule has 1 aliphatic rings. The van der Waals surface area contributed by atoms with Crippen LogP contribution in [0.1, 0.15) is 25.7 Å². The zero-order valence-corrected chi connectivity index (χ0v) is 7.83. The van der Waals surface area contributed by atoms with E-state index in [4.69, 9.17) is 9.47 Å². The van der Waals surface area contributed by atoms with Crippen LogP contribution in [0.3, 0.4) is 0 Å². The molecule has 0 radical (unpaired) electrons. The van der Waals surface area contributed by atoms with E-state index in [1.807, 2.05) is 0 Å². The van der Waals surface area contributed by atoms with E-state index in [0.29, 0.717) is 32.5 Å². The molecule has 1 fully saturated rings. The standard InChI is InChI=1S/C10H16O3/c1-2-5-10(6-3-7-11)12-8-4-9-13-10/h2,7H,1,3-6,8-9H2. The van der Waals surface area contributed by atoms with Gasteiger partial charge in [-0.15, -0.1) is 6.58 Å². The Labute approximate surface area is 78.7 Å². The molecule has 1 heterocycles. The van der Waals surface area contributed by atoms with Gasteiger partial charge in [0.25, 0.3) is 0 Å². The summed E-state index contributed by atoms with van der Waals surface area (Å²) in [6.07, 6.45) is 5.36. The predicted molar refractivity (Wildman–Crippen MR) is 49.4 cm³/mol. The van der Waals surface area contributed by atoms with Crippen LogP contribution in [0, 0.1) is 0 Å². The number of hydrogen-bond donors (Lipinski definition) is 0. The lowest BCUT2D eigenvalue weighted by Crippen LogP contribution is -2.40. The first-order valence-corrected chi connectivity index (χ1v) is 4.65. The highest BCUT2D eigenvalue weighted by Crippen LogP contribution is 2.27. The second-order valence-electron chi connectivity index (χ2n) is 3.16. The van der Waals surface area contributed by atoms with E-state index in [9.17, 15) is 4.79 Å². The van der Waals surface area contributed by atoms with E-state index in [1.54, 1.807) is 6.08 Å². The van der Waals surface area contributed by atoms with E-state index in [1.165, 1.54) is 0 Å². The minimum Gasteiger partial charge on any atom is -0.349 e. The van der Waals surface area contributed by atoms with Crippen LogP contribution in [0.2, 0.25) is 0 Å². The summed E-state index contributed by atoms with van der Waals surface area (Å²) in [6.45, 7) is 5.09. The first-order chi connectivity index (χ1) is 6.33. The third-order valence-electron chi connectivity index (χ3n) is 2.12. The van der Waals surface area contributed by atoms with Crippen molar-refractivity contribution < 1.29 is 14.3 Å². The average molecular weight is 184 g/mol. The van der Waals surface area contributed by atoms with Crippen LogP contribution in [0.15, 0.2) is 12.7 Å². The van der Waals surface area contributed by atoms with E-state index in [-0.39, 0.29) is 0 Å². The normalized spacial score (nSPS) is 20.9. The number of carbonyl (C=O) groups is 1. The second kappa shape index (κ2) is 5.14. The quantitative estimate of drug-likeness (QED) is 0.481. The summed E-state index contributed by atoms with van der Waals surface area (Å²) in [7, 11) is 0. The summed E-state index contributed by atoms with van der Waals surface area (Å²) in [4.78, 5) is 10.3. The van der Waals surface area contributed by atoms with Crippen molar-refractivity contribution in [2.24, 2.45) is 0 Å². The van der Waals surface area contributed by atoms with Crippen molar-refractivity contribution in [1.82, 2.24) is 0 Å². The zero-order chi connectivity index (χ0) is 9.57. The summed E-state index contributed by atoms with van der Waals surface area (Å²) in [5.74, 6) is -0.569. The maximum Gasteiger partial charge on any atom is 0.172 e. The molecule has 0 atom stereocenters. The molecule has 74 valence electrons. The van der Waals surface area contributed by atoms with E-state index in [2.05, 4.69) is 6.58 Å². The molecular weight excluding hydrogens is 168 g/mol. The maximum atomic E-state index is 10.3. The fourth-order valence-corrected chi connectivity index (χ4v) is 1.48. The van der Waals surface area contributed by atoms with E-state index < -0.39 is 5.79 Å². The maximum absolute atomic E-state index is 10.3. The molecule has 0 amide bonds. The van der Waals surface area contributed by atoms with Gasteiger partial charge in [-0.1, -0.05) is 6.08 Å². The zero-order valence-electron chi connectivity index (χ0n) is 7.83. The SMILES string of the molecule is C=CCC1(CCC=O)OCCCO1. The molecular formula is C10H16O3. The van der Waals surface area contributed by atoms with E-state index >= 15 is 0 Å². The largest absolute Gasteiger partial charge is 0.349 e. The Morgan fingerprint density at radius 3 is 2.62 bits per heavy atom. The lowest BCUT2D eigenvalue weighted by Gasteiger charge is -2.36. The molecule has 0 bridgehead atoms. The Hall–Kier alpha value is -0.670. The Balaban J connectivity index is 2.49. The Bertz CT molecular complexity index is 171. The highest BCUT2D eigenvalue weighted by atomic mass is 16.7. The molecule has 0 aromatic rings. The Morgan fingerprint density at radius 2 is 2.08 bits per heavy atom. The summed E-state index contributed by atoms with van der Waals surface area (Å²) in [5.41, 5.74) is 0. The van der Waals surface area contributed by atoms with Gasteiger partial charge in [-0.05, 0) is 6.42 Å². The summed E-state index contributed by atoms with van der Waals surface area (Å²) < 4.78 is 11.1. The van der Waals surface area contributed by atoms with Gasteiger partial charge in [0.15, 0.2) is 5.79 Å². The van der Waals surface area contributed by atoms with Crippen LogP contribution in [-0.2, 0) is 14.3 Å². The van der Waals surface area contributed by atoms with Crippen molar-refractivity contribution in [3.8, 4) is 0 Å². The molecule has 3 nitrogen and oxygen atoms in total. The molecule has 0 N–H and O–H groups in total. The molecule has 0 aromatic carbocycles. The lowest BCUT2D eigenvalue weighted by atomic mass is 10.1. The topological polar surface area (TPSA) is 35.5 Å². The third kappa shape index (κ3) is 2.94. The van der Waals surface area contributed by atoms with Gasteiger partial charge in [-0.3, -0.25) is 0 Å². The number of rotatable bonds is 5. The van der Waals surface area contributed by atoms with E-state index in [0.717, 1.165) is 12.7 Å². The summed E-state index contributed by atoms with van der Waals surface area (Å²) >= 11 is 0. The van der Waals surface area contributed by atoms with Gasteiger partial charge in [0.2, 0.25) is 0 Å². The monoisotopic (exact) mass is 184 g/mol. The van der Waals surface area contributed by atoms with Crippen LogP contribution in [0.5, 0.6) is 0 Å². The molecule has 0 saturated carbocycles. The smallest absolute Gasteiger partial charge is 0.172 e. The highest BCUT2D eigenvalue weighted by Gasteiger charge is 2.32. The number of carbonyl (C=O) groups excluding carboxylic acids is 1. The molecule has 0 aromatic heterocycles. The van der Waals surface area contributed by atoms with Crippen molar-refractivity contribution in [2.75, 3.05) is 13.2 Å². The number of hydrogen-bond acceptors (Lipinski definition) is 3. The molecule has 1 aliphatic heterocycles. The first-order valence-electron chi connectivity index (χ1n) is 4.65. The highest BCUT2D eigenvalue weighted by molar-refractivity contribution is 5.49. The van der Waals surface area contributed by atoms with Gasteiger partial charge in [0.05, 0.1) is 13.2 Å². The molecule has 0 spiro atoms. The van der Waals surface area contributed by atoms with Crippen LogP contribution in [-0.4, -0.2) is 25.3 Å². The van der Waals surface area contributed by atoms with Crippen molar-refractivity contribution in [1.29, 1.82) is 0 Å². The van der Waals surface area contributed by atoms with Crippen molar-refractivity contribution in [3.05, 3.63) is 12.7 Å². The van der Waals surface area contributed by atoms with Gasteiger partial charge in [0.1, 0.15) is 6.29 Å². The van der Waals surface area contributed by atoms with Crippen LogP contribution in [0.25, 0.3) is 0 Å². The molecule has 13 heavy (non-hydrogen) atoms. The average Bonchev–Trinajstić information content (AvgIpc) is 2.17. The van der Waals surface area contributed by atoms with Gasteiger partial charge in [0, 0.05) is 19.3 Å². The minimum absolute atomic E-state index is 0.480. The first kappa shape index (κ1) is 10.4. The molecule has 1 rings (SSSR count). The van der Waals surface area contributed by atoms with Crippen molar-refractivity contribution in [2.45, 2.75) is 31.5 Å². The van der Waals surface area contributed by atoms with Gasteiger partial charge >= 0.3 is 0 Å². The van der Waals surface area contributed by atoms with Crippen LogP contribution in [0.4, 0.5) is 0 Å². The van der Waals surface area contributed by atoms with Crippen molar-refractivity contribution >= 4 is 6.29 Å². The number of ether oxygens (including phenoxy) is 2. The minimum atomic E-state index is -0.569. The summed E-state index contributed by atoms with van der Waals surface area (Å²) in [6, 6.07) is 0. The third-order valence-corrected chi connectivity index (χ3v) is 2.12. The molecule has 3 heteroatoms. The molecule has 0 aliphatic carbocycles. The summed E-state index contributed by atoms with van der Waals surface area (Å²) in [5, 5.41) is 0. The van der Waals surface area contributed by atoms with Gasteiger partial charge < -0.3 is 14.3 Å². The van der Waals surface area contributed by atoms with Gasteiger partial charge in [-0.2, -0.15) is 0 Å². The fraction of sp³-hybridized carbons (Fsp3) is 0.700. The molecule has 0 unspecified atom stereocenters. The number of aldehydes is 1. The lowest BCUT2D eigenvalue weighted by molar-refractivity contribution is -0.267. The fourth-order valence-electron chi connectivity index (χ4n) is 1.48. The van der Waals surface area contributed by atoms with Crippen LogP contribution >= 0.6 is 0 Å². The van der Waals surface area contributed by atoms with Crippen molar-refractivity contribution in [3.63, 3.8) is 0 Å². The second-order valence-corrected chi connectivity index (χ2v) is 3.16. The predicted octanol–water partition coefficient (Wildman–Crippen LogP) is 1.67. The molecule has 1 saturated heterocycles.